The van der Waals surface area contributed by atoms with E-state index in [2.05, 4.69) is 0 Å². The van der Waals surface area contributed by atoms with Gasteiger partial charge in [0.15, 0.2) is 11.5 Å². The molecule has 0 heterocycles. The topological polar surface area (TPSA) is 58.9 Å². The second kappa shape index (κ2) is 5.16. The van der Waals surface area contributed by atoms with Crippen molar-refractivity contribution in [2.45, 2.75) is 38.4 Å². The van der Waals surface area contributed by atoms with Crippen molar-refractivity contribution in [2.75, 3.05) is 14.2 Å². The summed E-state index contributed by atoms with van der Waals surface area (Å²) >= 11 is 0. The van der Waals surface area contributed by atoms with Gasteiger partial charge in [0, 0.05) is 6.42 Å². The van der Waals surface area contributed by atoms with Crippen molar-refractivity contribution in [1.29, 1.82) is 0 Å². The number of hydrogen-bond donors (Lipinski definition) is 2. The molecule has 1 atom stereocenters. The molecule has 0 fully saturated rings. The van der Waals surface area contributed by atoms with Gasteiger partial charge in [-0.1, -0.05) is 6.07 Å². The van der Waals surface area contributed by atoms with E-state index in [9.17, 15) is 10.2 Å². The molecular formula is C14H22O4. The highest BCUT2D eigenvalue weighted by Gasteiger charge is 2.37. The third kappa shape index (κ3) is 3.15. The molecule has 1 rings (SSSR count). The van der Waals surface area contributed by atoms with Crippen molar-refractivity contribution >= 4 is 0 Å². The van der Waals surface area contributed by atoms with Crippen LogP contribution in [0.3, 0.4) is 0 Å². The van der Waals surface area contributed by atoms with Crippen LogP contribution in [0.4, 0.5) is 0 Å². The van der Waals surface area contributed by atoms with Gasteiger partial charge in [-0.3, -0.25) is 0 Å². The Kier molecular flexibility index (Phi) is 4.24. The minimum Gasteiger partial charge on any atom is -0.493 e. The van der Waals surface area contributed by atoms with Gasteiger partial charge in [-0.2, -0.15) is 0 Å². The van der Waals surface area contributed by atoms with Gasteiger partial charge in [0.25, 0.3) is 0 Å². The van der Waals surface area contributed by atoms with E-state index < -0.39 is 11.2 Å². The Balaban J connectivity index is 2.99. The van der Waals surface area contributed by atoms with Crippen LogP contribution in [0.5, 0.6) is 11.5 Å². The lowest BCUT2D eigenvalue weighted by molar-refractivity contribution is -0.118. The predicted octanol–water partition coefficient (Wildman–Crippen LogP) is 1.77. The Labute approximate surface area is 108 Å². The average Bonchev–Trinajstić information content (AvgIpc) is 2.26. The van der Waals surface area contributed by atoms with E-state index in [0.717, 1.165) is 5.56 Å². The lowest BCUT2D eigenvalue weighted by atomic mass is 9.82. The smallest absolute Gasteiger partial charge is 0.160 e. The first-order valence-corrected chi connectivity index (χ1v) is 5.87. The zero-order valence-corrected chi connectivity index (χ0v) is 11.7. The van der Waals surface area contributed by atoms with E-state index in [4.69, 9.17) is 9.47 Å². The highest BCUT2D eigenvalue weighted by molar-refractivity contribution is 5.43. The van der Waals surface area contributed by atoms with E-state index in [0.29, 0.717) is 17.9 Å². The van der Waals surface area contributed by atoms with Gasteiger partial charge < -0.3 is 19.7 Å². The van der Waals surface area contributed by atoms with Crippen LogP contribution < -0.4 is 9.47 Å². The average molecular weight is 254 g/mol. The lowest BCUT2D eigenvalue weighted by Gasteiger charge is -2.35. The maximum atomic E-state index is 10.3. The number of benzene rings is 1. The molecule has 2 N–H and O–H groups in total. The third-order valence-corrected chi connectivity index (χ3v) is 3.31. The summed E-state index contributed by atoms with van der Waals surface area (Å²) in [6.45, 7) is 4.80. The zero-order chi connectivity index (χ0) is 14.0. The van der Waals surface area contributed by atoms with E-state index in [1.165, 1.54) is 0 Å². The third-order valence-electron chi connectivity index (χ3n) is 3.31. The van der Waals surface area contributed by atoms with Gasteiger partial charge in [0.2, 0.25) is 0 Å². The van der Waals surface area contributed by atoms with Crippen LogP contribution >= 0.6 is 0 Å². The van der Waals surface area contributed by atoms with E-state index >= 15 is 0 Å². The molecule has 18 heavy (non-hydrogen) atoms. The first-order valence-electron chi connectivity index (χ1n) is 5.87. The molecule has 0 aliphatic rings. The lowest BCUT2D eigenvalue weighted by Crippen LogP contribution is -2.49. The van der Waals surface area contributed by atoms with Crippen LogP contribution in [0.1, 0.15) is 26.3 Å². The summed E-state index contributed by atoms with van der Waals surface area (Å²) in [7, 11) is 3.14. The van der Waals surface area contributed by atoms with Crippen molar-refractivity contribution in [1.82, 2.24) is 0 Å². The van der Waals surface area contributed by atoms with Gasteiger partial charge >= 0.3 is 0 Å². The zero-order valence-electron chi connectivity index (χ0n) is 11.7. The quantitative estimate of drug-likeness (QED) is 0.840. The van der Waals surface area contributed by atoms with Crippen molar-refractivity contribution < 1.29 is 19.7 Å². The Hall–Kier alpha value is -1.26. The molecule has 102 valence electrons. The summed E-state index contributed by atoms with van der Waals surface area (Å²) in [5.41, 5.74) is -1.52. The van der Waals surface area contributed by atoms with E-state index in [-0.39, 0.29) is 0 Å². The van der Waals surface area contributed by atoms with Crippen LogP contribution in [0.15, 0.2) is 18.2 Å². The van der Waals surface area contributed by atoms with Gasteiger partial charge in [-0.05, 0) is 38.5 Å². The fraction of sp³-hybridized carbons (Fsp3) is 0.571. The molecular weight excluding hydrogens is 232 g/mol. The molecule has 0 aromatic heterocycles. The van der Waals surface area contributed by atoms with E-state index in [1.54, 1.807) is 47.1 Å². The Bertz CT molecular complexity index is 405. The normalized spacial score (nSPS) is 15.1. The van der Waals surface area contributed by atoms with Crippen molar-refractivity contribution in [3.63, 3.8) is 0 Å². The minimum absolute atomic E-state index is 0.330. The van der Waals surface area contributed by atoms with Crippen LogP contribution in [0.2, 0.25) is 0 Å². The molecule has 1 unspecified atom stereocenters. The summed E-state index contributed by atoms with van der Waals surface area (Å²) in [6, 6.07) is 5.44. The highest BCUT2D eigenvalue weighted by atomic mass is 16.5. The van der Waals surface area contributed by atoms with Gasteiger partial charge in [0.1, 0.15) is 0 Å². The summed E-state index contributed by atoms with van der Waals surface area (Å²) in [5, 5.41) is 20.2. The molecule has 0 radical (unpaired) electrons. The first-order chi connectivity index (χ1) is 8.21. The second-order valence-corrected chi connectivity index (χ2v) is 5.20. The molecule has 0 saturated heterocycles. The summed E-state index contributed by atoms with van der Waals surface area (Å²) in [6.07, 6.45) is 0.330. The largest absolute Gasteiger partial charge is 0.493 e. The summed E-state index contributed by atoms with van der Waals surface area (Å²) in [5.74, 6) is 1.26. The standard InChI is InChI=1S/C14H22O4/c1-13(2,15)14(3,16)9-10-6-7-11(17-4)12(8-10)18-5/h6-8,15-16H,9H2,1-5H3. The van der Waals surface area contributed by atoms with Gasteiger partial charge in [-0.25, -0.2) is 0 Å². The number of aliphatic hydroxyl groups is 2. The predicted molar refractivity (Wildman–Crippen MR) is 70.2 cm³/mol. The summed E-state index contributed by atoms with van der Waals surface area (Å²) < 4.78 is 10.4. The molecule has 0 spiro atoms. The number of hydrogen-bond acceptors (Lipinski definition) is 4. The van der Waals surface area contributed by atoms with Crippen LogP contribution in [0.25, 0.3) is 0 Å². The molecule has 1 aromatic carbocycles. The van der Waals surface area contributed by atoms with Crippen molar-refractivity contribution in [2.24, 2.45) is 0 Å². The van der Waals surface area contributed by atoms with Gasteiger partial charge in [-0.15, -0.1) is 0 Å². The monoisotopic (exact) mass is 254 g/mol. The molecule has 0 amide bonds. The Morgan fingerprint density at radius 3 is 2.00 bits per heavy atom. The maximum Gasteiger partial charge on any atom is 0.160 e. The molecule has 4 heteroatoms. The molecule has 0 bridgehead atoms. The minimum atomic E-state index is -1.22. The first kappa shape index (κ1) is 14.8. The number of methoxy groups -OCH3 is 2. The molecule has 1 aromatic rings. The van der Waals surface area contributed by atoms with Gasteiger partial charge in [0.05, 0.1) is 25.4 Å². The van der Waals surface area contributed by atoms with Crippen molar-refractivity contribution in [3.05, 3.63) is 23.8 Å². The number of ether oxygens (including phenoxy) is 2. The highest BCUT2D eigenvalue weighted by Crippen LogP contribution is 2.31. The molecule has 0 aliphatic carbocycles. The second-order valence-electron chi connectivity index (χ2n) is 5.20. The van der Waals surface area contributed by atoms with Crippen LogP contribution in [0, 0.1) is 0 Å². The summed E-state index contributed by atoms with van der Waals surface area (Å²) in [4.78, 5) is 0. The molecule has 0 saturated carbocycles. The maximum absolute atomic E-state index is 10.3. The molecule has 4 nitrogen and oxygen atoms in total. The van der Waals surface area contributed by atoms with Crippen LogP contribution in [-0.4, -0.2) is 35.6 Å². The van der Waals surface area contributed by atoms with Crippen LogP contribution in [-0.2, 0) is 6.42 Å². The SMILES string of the molecule is COc1ccc(CC(C)(O)C(C)(C)O)cc1OC. The number of rotatable bonds is 5. The molecule has 0 aliphatic heterocycles. The fourth-order valence-electron chi connectivity index (χ4n) is 1.60. The fourth-order valence-corrected chi connectivity index (χ4v) is 1.60. The van der Waals surface area contributed by atoms with Crippen molar-refractivity contribution in [3.8, 4) is 11.5 Å². The Morgan fingerprint density at radius 2 is 1.56 bits per heavy atom. The van der Waals surface area contributed by atoms with E-state index in [1.807, 2.05) is 6.07 Å². The Morgan fingerprint density at radius 1 is 1.00 bits per heavy atom.